The van der Waals surface area contributed by atoms with Gasteiger partial charge < -0.3 is 4.74 Å². The smallest absolute Gasteiger partial charge is 0.331 e. The number of nitro benzene ring substituents is 1. The van der Waals surface area contributed by atoms with Crippen LogP contribution in [0.3, 0.4) is 0 Å². The Morgan fingerprint density at radius 2 is 1.92 bits per heavy atom. The van der Waals surface area contributed by atoms with Gasteiger partial charge in [0.05, 0.1) is 11.2 Å². The van der Waals surface area contributed by atoms with Crippen molar-refractivity contribution in [3.05, 3.63) is 40.0 Å². The Hall–Kier alpha value is -2.42. The zero-order valence-electron chi connectivity index (χ0n) is 14.1. The summed E-state index contributed by atoms with van der Waals surface area (Å²) >= 11 is 0. The summed E-state index contributed by atoms with van der Waals surface area (Å²) in [6, 6.07) is 3.92. The number of hydrogen-bond acceptors (Lipinski definition) is 6. The van der Waals surface area contributed by atoms with Crippen molar-refractivity contribution in [1.29, 1.82) is 0 Å². The van der Waals surface area contributed by atoms with Crippen molar-refractivity contribution in [2.24, 2.45) is 0 Å². The molecule has 0 aliphatic carbocycles. The van der Waals surface area contributed by atoms with Crippen LogP contribution in [0.4, 0.5) is 11.4 Å². The van der Waals surface area contributed by atoms with Crippen molar-refractivity contribution in [3.8, 4) is 0 Å². The van der Waals surface area contributed by atoms with E-state index in [1.165, 1.54) is 37.4 Å². The minimum absolute atomic E-state index is 0.0890. The lowest BCUT2D eigenvalue weighted by Gasteiger charge is -2.18. The molecule has 0 bridgehead atoms. The van der Waals surface area contributed by atoms with Crippen molar-refractivity contribution in [2.45, 2.75) is 26.4 Å². The van der Waals surface area contributed by atoms with Crippen LogP contribution in [0, 0.1) is 10.1 Å². The molecule has 0 aromatic heterocycles. The van der Waals surface area contributed by atoms with Gasteiger partial charge in [0.1, 0.15) is 11.3 Å². The molecule has 0 saturated carbocycles. The van der Waals surface area contributed by atoms with Gasteiger partial charge in [-0.2, -0.15) is 0 Å². The second-order valence-corrected chi connectivity index (χ2v) is 8.12. The summed E-state index contributed by atoms with van der Waals surface area (Å²) in [5.41, 5.74) is -0.651. The van der Waals surface area contributed by atoms with E-state index in [0.29, 0.717) is 5.56 Å². The van der Waals surface area contributed by atoms with Crippen LogP contribution < -0.4 is 4.31 Å². The van der Waals surface area contributed by atoms with Gasteiger partial charge >= 0.3 is 5.97 Å². The molecular weight excluding hydrogens is 336 g/mol. The van der Waals surface area contributed by atoms with E-state index in [1.54, 1.807) is 20.8 Å². The average Bonchev–Trinajstić information content (AvgIpc) is 2.41. The minimum Gasteiger partial charge on any atom is -0.457 e. The number of nitrogens with zero attached hydrogens (tertiary/aromatic N) is 2. The molecule has 0 amide bonds. The minimum atomic E-state index is -3.67. The lowest BCUT2D eigenvalue weighted by atomic mass is 10.1. The summed E-state index contributed by atoms with van der Waals surface area (Å²) in [5.74, 6) is -0.570. The maximum absolute atomic E-state index is 11.7. The molecule has 0 saturated heterocycles. The van der Waals surface area contributed by atoms with Crippen molar-refractivity contribution in [1.82, 2.24) is 0 Å². The number of nitro groups is 1. The lowest BCUT2D eigenvalue weighted by molar-refractivity contribution is -0.384. The molecule has 1 rings (SSSR count). The van der Waals surface area contributed by atoms with E-state index in [-0.39, 0.29) is 11.4 Å². The van der Waals surface area contributed by atoms with Crippen LogP contribution in [-0.2, 0) is 19.6 Å². The lowest BCUT2D eigenvalue weighted by Crippen LogP contribution is -2.25. The zero-order chi connectivity index (χ0) is 18.7. The molecule has 0 fully saturated rings. The first-order chi connectivity index (χ1) is 10.8. The maximum Gasteiger partial charge on any atom is 0.331 e. The molecule has 1 aromatic rings. The summed E-state index contributed by atoms with van der Waals surface area (Å²) in [5, 5.41) is 11.1. The number of sulfonamides is 1. The standard InChI is InChI=1S/C15H20N2O6S/c1-15(2,3)23-14(18)9-7-11-6-8-12(17(19)20)13(10-11)16(4)24(5,21)22/h6-10H,1-5H3/b9-7+. The van der Waals surface area contributed by atoms with E-state index in [0.717, 1.165) is 10.6 Å². The predicted octanol–water partition coefficient (Wildman–Crippen LogP) is 2.35. The number of ether oxygens (including phenoxy) is 1. The molecule has 0 aliphatic rings. The second kappa shape index (κ2) is 7.00. The van der Waals surface area contributed by atoms with Crippen LogP contribution in [-0.4, -0.2) is 38.2 Å². The zero-order valence-corrected chi connectivity index (χ0v) is 15.0. The summed E-state index contributed by atoms with van der Waals surface area (Å²) in [4.78, 5) is 22.1. The molecule has 1 aromatic carbocycles. The highest BCUT2D eigenvalue weighted by Crippen LogP contribution is 2.30. The van der Waals surface area contributed by atoms with Crippen molar-refractivity contribution < 1.29 is 22.9 Å². The van der Waals surface area contributed by atoms with Gasteiger partial charge in [0.15, 0.2) is 0 Å². The SMILES string of the molecule is CN(c1cc(/C=C/C(=O)OC(C)(C)C)ccc1[N+](=O)[O-])S(C)(=O)=O. The van der Waals surface area contributed by atoms with Gasteiger partial charge in [-0.15, -0.1) is 0 Å². The monoisotopic (exact) mass is 356 g/mol. The number of esters is 1. The molecule has 0 heterocycles. The Morgan fingerprint density at radius 1 is 1.33 bits per heavy atom. The van der Waals surface area contributed by atoms with Crippen LogP contribution in [0.2, 0.25) is 0 Å². The molecule has 0 aliphatic heterocycles. The van der Waals surface area contributed by atoms with Gasteiger partial charge in [-0.1, -0.05) is 0 Å². The highest BCUT2D eigenvalue weighted by atomic mass is 32.2. The van der Waals surface area contributed by atoms with Gasteiger partial charge in [-0.25, -0.2) is 13.2 Å². The molecule has 0 atom stereocenters. The van der Waals surface area contributed by atoms with Gasteiger partial charge in [0.25, 0.3) is 5.69 Å². The van der Waals surface area contributed by atoms with E-state index in [9.17, 15) is 23.3 Å². The van der Waals surface area contributed by atoms with E-state index < -0.39 is 26.5 Å². The molecule has 0 N–H and O–H groups in total. The molecule has 8 nitrogen and oxygen atoms in total. The third-order valence-corrected chi connectivity index (χ3v) is 4.04. The molecule has 0 spiro atoms. The highest BCUT2D eigenvalue weighted by Gasteiger charge is 2.22. The maximum atomic E-state index is 11.7. The first-order valence-corrected chi connectivity index (χ1v) is 8.79. The number of benzene rings is 1. The second-order valence-electron chi connectivity index (χ2n) is 6.10. The largest absolute Gasteiger partial charge is 0.457 e. The molecule has 132 valence electrons. The number of anilines is 1. The molecule has 9 heteroatoms. The topological polar surface area (TPSA) is 107 Å². The molecular formula is C15H20N2O6S. The Morgan fingerprint density at radius 3 is 2.38 bits per heavy atom. The van der Waals surface area contributed by atoms with Crippen molar-refractivity contribution in [3.63, 3.8) is 0 Å². The first-order valence-electron chi connectivity index (χ1n) is 6.94. The normalized spacial score (nSPS) is 12.2. The van der Waals surface area contributed by atoms with E-state index in [2.05, 4.69) is 0 Å². The summed E-state index contributed by atoms with van der Waals surface area (Å²) in [7, 11) is -2.45. The number of carbonyl (C=O) groups is 1. The highest BCUT2D eigenvalue weighted by molar-refractivity contribution is 7.92. The Labute approximate surface area is 140 Å². The Kier molecular flexibility index (Phi) is 5.72. The van der Waals surface area contributed by atoms with Crippen molar-refractivity contribution in [2.75, 3.05) is 17.6 Å². The summed E-state index contributed by atoms with van der Waals surface area (Å²) in [6.45, 7) is 5.18. The van der Waals surface area contributed by atoms with Gasteiger partial charge in [-0.3, -0.25) is 14.4 Å². The number of rotatable bonds is 5. The average molecular weight is 356 g/mol. The predicted molar refractivity (Wildman–Crippen MR) is 91.2 cm³/mol. The number of carbonyl (C=O) groups excluding carboxylic acids is 1. The summed E-state index contributed by atoms with van der Waals surface area (Å²) < 4.78 is 29.2. The molecule has 24 heavy (non-hydrogen) atoms. The Balaban J connectivity index is 3.20. The first kappa shape index (κ1) is 19.6. The fourth-order valence-electron chi connectivity index (χ4n) is 1.73. The third kappa shape index (κ3) is 5.65. The van der Waals surface area contributed by atoms with Crippen LogP contribution in [0.5, 0.6) is 0 Å². The third-order valence-electron chi connectivity index (χ3n) is 2.85. The fourth-order valence-corrected chi connectivity index (χ4v) is 2.23. The fraction of sp³-hybridized carbons (Fsp3) is 0.400. The van der Waals surface area contributed by atoms with Crippen LogP contribution in [0.25, 0.3) is 6.08 Å². The van der Waals surface area contributed by atoms with Gasteiger partial charge in [0.2, 0.25) is 10.0 Å². The van der Waals surface area contributed by atoms with Gasteiger partial charge in [0, 0.05) is 19.2 Å². The molecule has 0 radical (unpaired) electrons. The van der Waals surface area contributed by atoms with E-state index >= 15 is 0 Å². The van der Waals surface area contributed by atoms with Crippen molar-refractivity contribution >= 4 is 33.4 Å². The van der Waals surface area contributed by atoms with Crippen LogP contribution in [0.15, 0.2) is 24.3 Å². The Bertz CT molecular complexity index is 778. The van der Waals surface area contributed by atoms with E-state index in [4.69, 9.17) is 4.74 Å². The quantitative estimate of drug-likeness (QED) is 0.347. The van der Waals surface area contributed by atoms with Gasteiger partial charge in [-0.05, 0) is 44.5 Å². The van der Waals surface area contributed by atoms with Crippen LogP contribution in [0.1, 0.15) is 26.3 Å². The number of hydrogen-bond donors (Lipinski definition) is 0. The van der Waals surface area contributed by atoms with E-state index in [1.807, 2.05) is 0 Å². The molecule has 0 unspecified atom stereocenters. The van der Waals surface area contributed by atoms with Crippen LogP contribution >= 0.6 is 0 Å². The summed E-state index contributed by atoms with van der Waals surface area (Å²) in [6.07, 6.45) is 3.52.